The summed E-state index contributed by atoms with van der Waals surface area (Å²) in [4.78, 5) is 10.8. The molecule has 0 spiro atoms. The second-order valence-electron chi connectivity index (χ2n) is 17.0. The Balaban J connectivity index is 1.53. The monoisotopic (exact) mass is 904 g/mol. The highest BCUT2D eigenvalue weighted by molar-refractivity contribution is 5.67. The van der Waals surface area contributed by atoms with Gasteiger partial charge in [0.25, 0.3) is 0 Å². The fourth-order valence-corrected chi connectivity index (χ4v) is 8.05. The van der Waals surface area contributed by atoms with Crippen molar-refractivity contribution in [2.24, 2.45) is 0 Å². The summed E-state index contributed by atoms with van der Waals surface area (Å²) in [5, 5.41) is 136. The fourth-order valence-electron chi connectivity index (χ4n) is 8.05. The third-order valence-electron chi connectivity index (χ3n) is 12.0. The predicted molar refractivity (Wildman–Crippen MR) is 208 cm³/mol. The summed E-state index contributed by atoms with van der Waals surface area (Å²) >= 11 is 0. The van der Waals surface area contributed by atoms with Crippen LogP contribution < -0.4 is 0 Å². The van der Waals surface area contributed by atoms with Crippen LogP contribution in [-0.2, 0) is 42.7 Å². The van der Waals surface area contributed by atoms with Crippen molar-refractivity contribution in [2.75, 3.05) is 13.2 Å². The van der Waals surface area contributed by atoms with E-state index in [9.17, 15) is 66.1 Å². The van der Waals surface area contributed by atoms with E-state index in [1.165, 1.54) is 13.8 Å². The zero-order chi connectivity index (χ0) is 45.8. The number of carbonyl (C=O) groups is 1. The Labute approximate surface area is 360 Å². The number of aliphatic hydroxyl groups excluding tert-OH is 12. The van der Waals surface area contributed by atoms with Gasteiger partial charge in [-0.25, -0.2) is 0 Å². The minimum atomic E-state index is -1.89. The van der Waals surface area contributed by atoms with Gasteiger partial charge in [0.15, 0.2) is 25.2 Å². The van der Waals surface area contributed by atoms with Crippen LogP contribution in [0.5, 0.6) is 0 Å². The number of hydrogen-bond acceptors (Lipinski definition) is 21. The van der Waals surface area contributed by atoms with Crippen LogP contribution >= 0.6 is 0 Å². The molecule has 4 aliphatic heterocycles. The van der Waals surface area contributed by atoms with Crippen molar-refractivity contribution in [3.63, 3.8) is 0 Å². The number of hydrogen-bond donors (Lipinski definition) is 13. The average Bonchev–Trinajstić information content (AvgIpc) is 3.23. The van der Waals surface area contributed by atoms with E-state index in [0.717, 1.165) is 38.5 Å². The molecule has 13 N–H and O–H groups in total. The van der Waals surface area contributed by atoms with Crippen LogP contribution in [0.25, 0.3) is 0 Å². The maximum Gasteiger partial charge on any atom is 0.305 e. The van der Waals surface area contributed by atoms with Gasteiger partial charge >= 0.3 is 5.97 Å². The van der Waals surface area contributed by atoms with Crippen LogP contribution in [0.4, 0.5) is 0 Å². The van der Waals surface area contributed by atoms with Crippen LogP contribution in [0, 0.1) is 0 Å². The summed E-state index contributed by atoms with van der Waals surface area (Å²) in [5.74, 6) is -1.05. The maximum atomic E-state index is 11.7. The van der Waals surface area contributed by atoms with Crippen LogP contribution in [-0.4, -0.2) is 221 Å². The van der Waals surface area contributed by atoms with Gasteiger partial charge in [0.2, 0.25) is 0 Å². The molecule has 0 bridgehead atoms. The van der Waals surface area contributed by atoms with Gasteiger partial charge in [-0.05, 0) is 33.1 Å². The number of aliphatic carboxylic acids is 1. The van der Waals surface area contributed by atoms with Crippen LogP contribution in [0.2, 0.25) is 0 Å². The second kappa shape index (κ2) is 25.5. The molecule has 4 saturated heterocycles. The molecule has 4 heterocycles. The van der Waals surface area contributed by atoms with E-state index >= 15 is 0 Å². The van der Waals surface area contributed by atoms with Crippen molar-refractivity contribution >= 4 is 5.97 Å². The smallest absolute Gasteiger partial charge is 0.305 e. The van der Waals surface area contributed by atoms with Gasteiger partial charge in [-0.1, -0.05) is 58.3 Å². The van der Waals surface area contributed by atoms with Crippen molar-refractivity contribution in [1.82, 2.24) is 0 Å². The molecule has 0 amide bonds. The van der Waals surface area contributed by atoms with Gasteiger partial charge in [-0.15, -0.1) is 0 Å². The molecule has 0 aromatic rings. The lowest BCUT2D eigenvalue weighted by molar-refractivity contribution is -0.396. The fraction of sp³-hybridized carbons (Fsp3) is 0.975. The van der Waals surface area contributed by atoms with Gasteiger partial charge in [-0.3, -0.25) is 4.79 Å². The SMILES string of the molecule is CCCC[C@@H](CCCCCCCC[C@H](O)CC(=O)O)O[C@@H]1O[C@H](CO[C@@H]2O[C@@H](C)[C@H](O)[C@@H](O)[C@H]2O)[C@@H](O)[C@H](O)[C@H]1O[C@@H]1O[C@H](CO)[C@@H](O)[C@H](O)[C@H]1O[C@@H]1O[C@@H](C)[C@H](O)[C@@H](O)[C@H]1O. The van der Waals surface area contributed by atoms with E-state index < -0.39 is 154 Å². The molecule has 22 nitrogen and oxygen atoms in total. The minimum Gasteiger partial charge on any atom is -0.481 e. The molecule has 22 heteroatoms. The summed E-state index contributed by atoms with van der Waals surface area (Å²) in [6.45, 7) is 3.51. The molecule has 4 aliphatic rings. The molecular weight excluding hydrogens is 832 g/mol. The zero-order valence-electron chi connectivity index (χ0n) is 35.6. The van der Waals surface area contributed by atoms with Gasteiger partial charge in [0, 0.05) is 0 Å². The molecule has 4 fully saturated rings. The maximum absolute atomic E-state index is 11.7. The average molecular weight is 905 g/mol. The summed E-state index contributed by atoms with van der Waals surface area (Å²) in [6.07, 6.45) is -25.7. The van der Waals surface area contributed by atoms with Gasteiger partial charge in [-0.2, -0.15) is 0 Å². The number of rotatable bonds is 24. The Morgan fingerprint density at radius 2 is 1.03 bits per heavy atom. The summed E-state index contributed by atoms with van der Waals surface area (Å²) in [5.41, 5.74) is 0. The van der Waals surface area contributed by atoms with Crippen molar-refractivity contribution in [3.05, 3.63) is 0 Å². The van der Waals surface area contributed by atoms with Gasteiger partial charge in [0.1, 0.15) is 85.5 Å². The number of carboxylic acids is 1. The second-order valence-corrected chi connectivity index (χ2v) is 17.0. The summed E-state index contributed by atoms with van der Waals surface area (Å²) in [6, 6.07) is 0. The lowest BCUT2D eigenvalue weighted by atomic mass is 9.96. The largest absolute Gasteiger partial charge is 0.481 e. The van der Waals surface area contributed by atoms with E-state index in [1.54, 1.807) is 0 Å². The molecule has 0 aromatic carbocycles. The van der Waals surface area contributed by atoms with Crippen LogP contribution in [0.1, 0.15) is 97.8 Å². The van der Waals surface area contributed by atoms with Crippen molar-refractivity contribution in [3.8, 4) is 0 Å². The summed E-state index contributed by atoms with van der Waals surface area (Å²) < 4.78 is 47.4. The summed E-state index contributed by atoms with van der Waals surface area (Å²) in [7, 11) is 0. The van der Waals surface area contributed by atoms with Crippen LogP contribution in [0.15, 0.2) is 0 Å². The lowest BCUT2D eigenvalue weighted by Gasteiger charge is -2.49. The van der Waals surface area contributed by atoms with Crippen molar-refractivity contribution in [2.45, 2.75) is 233 Å². The van der Waals surface area contributed by atoms with Crippen molar-refractivity contribution in [1.29, 1.82) is 0 Å². The highest BCUT2D eigenvalue weighted by Gasteiger charge is 2.54. The first kappa shape index (κ1) is 53.3. The normalized spacial score (nSPS) is 42.7. The lowest BCUT2D eigenvalue weighted by Crippen LogP contribution is -2.67. The molecule has 62 heavy (non-hydrogen) atoms. The molecule has 0 aliphatic carbocycles. The van der Waals surface area contributed by atoms with E-state index in [0.29, 0.717) is 32.1 Å². The highest BCUT2D eigenvalue weighted by Crippen LogP contribution is 2.35. The highest BCUT2D eigenvalue weighted by atomic mass is 16.8. The van der Waals surface area contributed by atoms with E-state index in [2.05, 4.69) is 0 Å². The topological polar surface area (TPSA) is 354 Å². The Morgan fingerprint density at radius 3 is 1.61 bits per heavy atom. The molecule has 0 unspecified atom stereocenters. The first-order chi connectivity index (χ1) is 29.4. The molecule has 0 saturated carbocycles. The van der Waals surface area contributed by atoms with E-state index in [1.807, 2.05) is 6.92 Å². The molecule has 364 valence electrons. The third kappa shape index (κ3) is 14.3. The number of ether oxygens (including phenoxy) is 8. The molecule has 4 rings (SSSR count). The van der Waals surface area contributed by atoms with Crippen LogP contribution in [0.3, 0.4) is 0 Å². The zero-order valence-corrected chi connectivity index (χ0v) is 35.6. The van der Waals surface area contributed by atoms with Gasteiger partial charge < -0.3 is 104 Å². The standard InChI is InChI=1S/C40H72O22/c1-4-5-13-21(14-11-9-7-6-8-10-12-20(42)15-24(43)44)58-39-35(32(52)28(48)23(60-39)17-55-37-33(53)29(49)25(45)18(2)56-37)62-40-36(31(51)27(47)22(16-41)59-40)61-38-34(54)30(50)26(46)19(3)57-38/h18-23,25-42,45-54H,4-17H2,1-3H3,(H,43,44)/t18-,19-,20-,21-,22+,23+,25-,26-,27+,28+,29+,30+,31-,32-,33+,34+,35+,36+,37+,38-,39+,40-/m0/s1. The minimum absolute atomic E-state index is 0.294. The number of unbranched alkanes of at least 4 members (excludes halogenated alkanes) is 6. The third-order valence-corrected chi connectivity index (χ3v) is 12.0. The Kier molecular flexibility index (Phi) is 22.0. The molecule has 0 radical (unpaired) electrons. The van der Waals surface area contributed by atoms with Gasteiger partial charge in [0.05, 0.1) is 44.1 Å². The Morgan fingerprint density at radius 1 is 0.548 bits per heavy atom. The van der Waals surface area contributed by atoms with Crippen molar-refractivity contribution < 1.29 is 109 Å². The number of carboxylic acid groups (broad SMARTS) is 1. The Bertz CT molecular complexity index is 1290. The quantitative estimate of drug-likeness (QED) is 0.0425. The van der Waals surface area contributed by atoms with E-state index in [4.69, 9.17) is 43.0 Å². The molecule has 22 atom stereocenters. The molecule has 0 aromatic heterocycles. The van der Waals surface area contributed by atoms with E-state index in [-0.39, 0.29) is 6.42 Å². The predicted octanol–water partition coefficient (Wildman–Crippen LogP) is -3.15. The number of aliphatic hydroxyl groups is 12. The first-order valence-corrected chi connectivity index (χ1v) is 21.9. The Hall–Kier alpha value is -1.33. The first-order valence-electron chi connectivity index (χ1n) is 21.9. The molecular formula is C40H72O22.